The molecule has 2 aromatic heterocycles. The molecule has 0 spiro atoms. The average molecular weight is 324 g/mol. The molecule has 0 radical (unpaired) electrons. The molecule has 1 aromatic carbocycles. The molecule has 5 heteroatoms. The first kappa shape index (κ1) is 14.6. The van der Waals surface area contributed by atoms with Gasteiger partial charge in [0.15, 0.2) is 0 Å². The van der Waals surface area contributed by atoms with E-state index >= 15 is 0 Å². The fourth-order valence-electron chi connectivity index (χ4n) is 3.42. The van der Waals surface area contributed by atoms with Crippen LogP contribution in [0.3, 0.4) is 0 Å². The van der Waals surface area contributed by atoms with Crippen LogP contribution in [0.15, 0.2) is 42.0 Å². The second-order valence-corrected chi connectivity index (χ2v) is 7.28. The Morgan fingerprint density at radius 2 is 2.17 bits per heavy atom. The highest BCUT2D eigenvalue weighted by Gasteiger charge is 2.27. The molecule has 4 rings (SSSR count). The third-order valence-electron chi connectivity index (χ3n) is 4.42. The summed E-state index contributed by atoms with van der Waals surface area (Å²) in [4.78, 5) is 11.7. The number of benzene rings is 1. The predicted molar refractivity (Wildman–Crippen MR) is 92.8 cm³/mol. The van der Waals surface area contributed by atoms with Crippen LogP contribution in [0, 0.1) is 6.92 Å². The Kier molecular flexibility index (Phi) is 3.75. The van der Waals surface area contributed by atoms with Crippen LogP contribution in [0.5, 0.6) is 0 Å². The summed E-state index contributed by atoms with van der Waals surface area (Å²) in [5.41, 5.74) is 3.93. The number of nitrogens with zero attached hydrogens (tertiary/aromatic N) is 4. The lowest BCUT2D eigenvalue weighted by Gasteiger charge is -2.32. The molecule has 1 aliphatic rings. The van der Waals surface area contributed by atoms with Gasteiger partial charge in [0.2, 0.25) is 0 Å². The van der Waals surface area contributed by atoms with Crippen LogP contribution in [-0.4, -0.2) is 33.0 Å². The Bertz CT molecular complexity index is 820. The van der Waals surface area contributed by atoms with E-state index in [2.05, 4.69) is 69.2 Å². The molecule has 0 aliphatic carbocycles. The number of fused-ring (bicyclic) bond motifs is 1. The fourth-order valence-corrected chi connectivity index (χ4v) is 4.03. The maximum absolute atomic E-state index is 4.69. The summed E-state index contributed by atoms with van der Waals surface area (Å²) >= 11 is 1.70. The van der Waals surface area contributed by atoms with Crippen molar-refractivity contribution in [2.45, 2.75) is 25.9 Å². The molecule has 3 heterocycles. The monoisotopic (exact) mass is 324 g/mol. The van der Waals surface area contributed by atoms with E-state index in [9.17, 15) is 0 Å². The van der Waals surface area contributed by atoms with Crippen molar-refractivity contribution in [2.24, 2.45) is 0 Å². The highest BCUT2D eigenvalue weighted by atomic mass is 32.1. The third-order valence-corrected chi connectivity index (χ3v) is 5.25. The smallest absolute Gasteiger partial charge is 0.117 e. The van der Waals surface area contributed by atoms with Crippen molar-refractivity contribution in [3.05, 3.63) is 69.7 Å². The minimum absolute atomic E-state index is 0.319. The first-order chi connectivity index (χ1) is 11.2. The van der Waals surface area contributed by atoms with Gasteiger partial charge in [-0.1, -0.05) is 24.3 Å². The molecule has 0 saturated heterocycles. The van der Waals surface area contributed by atoms with E-state index in [1.165, 1.54) is 11.1 Å². The first-order valence-electron chi connectivity index (χ1n) is 7.89. The lowest BCUT2D eigenvalue weighted by Crippen LogP contribution is -2.32. The van der Waals surface area contributed by atoms with Crippen LogP contribution in [-0.2, 0) is 13.1 Å². The highest BCUT2D eigenvalue weighted by Crippen LogP contribution is 2.32. The SMILES string of the molecule is Cc1nc(Cn2ccnc2C2CN(C)Cc3ccccc32)cs1. The molecule has 1 aliphatic heterocycles. The van der Waals surface area contributed by atoms with Gasteiger partial charge < -0.3 is 9.47 Å². The Hall–Kier alpha value is -1.98. The van der Waals surface area contributed by atoms with Crippen molar-refractivity contribution in [3.8, 4) is 0 Å². The predicted octanol–water partition coefficient (Wildman–Crippen LogP) is 3.27. The van der Waals surface area contributed by atoms with Crippen LogP contribution in [0.1, 0.15) is 33.6 Å². The molecular weight excluding hydrogens is 304 g/mol. The van der Waals surface area contributed by atoms with Crippen molar-refractivity contribution < 1.29 is 0 Å². The first-order valence-corrected chi connectivity index (χ1v) is 8.77. The Morgan fingerprint density at radius 3 is 3.00 bits per heavy atom. The van der Waals surface area contributed by atoms with Gasteiger partial charge in [-0.2, -0.15) is 0 Å². The number of hydrogen-bond acceptors (Lipinski definition) is 4. The van der Waals surface area contributed by atoms with E-state index in [1.807, 2.05) is 6.20 Å². The van der Waals surface area contributed by atoms with Gasteiger partial charge in [-0.05, 0) is 25.1 Å². The minimum Gasteiger partial charge on any atom is -0.328 e. The number of rotatable bonds is 3. The number of aromatic nitrogens is 3. The molecule has 1 atom stereocenters. The molecule has 118 valence electrons. The molecule has 3 aromatic rings. The topological polar surface area (TPSA) is 34.0 Å². The zero-order valence-electron chi connectivity index (χ0n) is 13.4. The number of hydrogen-bond donors (Lipinski definition) is 0. The lowest BCUT2D eigenvalue weighted by atomic mass is 9.89. The summed E-state index contributed by atoms with van der Waals surface area (Å²) in [5, 5.41) is 3.25. The fraction of sp³-hybridized carbons (Fsp3) is 0.333. The van der Waals surface area contributed by atoms with Gasteiger partial charge in [0.05, 0.1) is 23.2 Å². The van der Waals surface area contributed by atoms with Crippen LogP contribution < -0.4 is 0 Å². The quantitative estimate of drug-likeness (QED) is 0.741. The summed E-state index contributed by atoms with van der Waals surface area (Å²) in [7, 11) is 2.18. The van der Waals surface area contributed by atoms with Crippen molar-refractivity contribution in [1.82, 2.24) is 19.4 Å². The van der Waals surface area contributed by atoms with Crippen molar-refractivity contribution in [2.75, 3.05) is 13.6 Å². The number of likely N-dealkylation sites (N-methyl/N-ethyl adjacent to an activating group) is 1. The van der Waals surface area contributed by atoms with Gasteiger partial charge in [-0.15, -0.1) is 11.3 Å². The molecule has 0 fully saturated rings. The van der Waals surface area contributed by atoms with E-state index in [1.54, 1.807) is 11.3 Å². The summed E-state index contributed by atoms with van der Waals surface area (Å²) in [6.45, 7) is 4.86. The zero-order chi connectivity index (χ0) is 15.8. The summed E-state index contributed by atoms with van der Waals surface area (Å²) in [5.74, 6) is 1.45. The van der Waals surface area contributed by atoms with E-state index < -0.39 is 0 Å². The number of thiazole rings is 1. The minimum atomic E-state index is 0.319. The Morgan fingerprint density at radius 1 is 1.30 bits per heavy atom. The van der Waals surface area contributed by atoms with E-state index in [0.717, 1.165) is 36.2 Å². The molecular formula is C18H20N4S. The highest BCUT2D eigenvalue weighted by molar-refractivity contribution is 7.09. The molecule has 0 bridgehead atoms. The molecule has 0 amide bonds. The van der Waals surface area contributed by atoms with Gasteiger partial charge in [-0.25, -0.2) is 9.97 Å². The van der Waals surface area contributed by atoms with Gasteiger partial charge in [0.25, 0.3) is 0 Å². The van der Waals surface area contributed by atoms with Crippen molar-refractivity contribution in [1.29, 1.82) is 0 Å². The van der Waals surface area contributed by atoms with E-state index in [0.29, 0.717) is 5.92 Å². The van der Waals surface area contributed by atoms with Crippen LogP contribution in [0.4, 0.5) is 0 Å². The van der Waals surface area contributed by atoms with Gasteiger partial charge in [-0.3, -0.25) is 0 Å². The molecule has 1 unspecified atom stereocenters. The zero-order valence-corrected chi connectivity index (χ0v) is 14.3. The van der Waals surface area contributed by atoms with Gasteiger partial charge in [0.1, 0.15) is 5.82 Å². The van der Waals surface area contributed by atoms with Gasteiger partial charge in [0, 0.05) is 30.9 Å². The van der Waals surface area contributed by atoms with Crippen LogP contribution in [0.2, 0.25) is 0 Å². The Labute approximate surface area is 140 Å². The maximum Gasteiger partial charge on any atom is 0.117 e. The average Bonchev–Trinajstić information content (AvgIpc) is 3.16. The van der Waals surface area contributed by atoms with E-state index in [-0.39, 0.29) is 0 Å². The van der Waals surface area contributed by atoms with Crippen LogP contribution in [0.25, 0.3) is 0 Å². The molecule has 0 saturated carbocycles. The number of aryl methyl sites for hydroxylation is 1. The van der Waals surface area contributed by atoms with Gasteiger partial charge >= 0.3 is 0 Å². The number of imidazole rings is 1. The second-order valence-electron chi connectivity index (χ2n) is 6.22. The summed E-state index contributed by atoms with van der Waals surface area (Å²) < 4.78 is 2.25. The van der Waals surface area contributed by atoms with Crippen LogP contribution >= 0.6 is 11.3 Å². The summed E-state index contributed by atoms with van der Waals surface area (Å²) in [6, 6.07) is 8.74. The standard InChI is InChI=1S/C18H20N4S/c1-13-20-15(12-23-13)10-22-8-7-19-18(22)17-11-21(2)9-14-5-3-4-6-16(14)17/h3-8,12,17H,9-11H2,1-2H3. The van der Waals surface area contributed by atoms with Crippen molar-refractivity contribution >= 4 is 11.3 Å². The van der Waals surface area contributed by atoms with Crippen molar-refractivity contribution in [3.63, 3.8) is 0 Å². The largest absolute Gasteiger partial charge is 0.328 e. The molecule has 4 nitrogen and oxygen atoms in total. The normalized spacial score (nSPS) is 18.1. The second kappa shape index (κ2) is 5.91. The lowest BCUT2D eigenvalue weighted by molar-refractivity contribution is 0.289. The summed E-state index contributed by atoms with van der Waals surface area (Å²) in [6.07, 6.45) is 3.98. The Balaban J connectivity index is 1.70. The third kappa shape index (κ3) is 2.82. The molecule has 0 N–H and O–H groups in total. The maximum atomic E-state index is 4.69. The van der Waals surface area contributed by atoms with E-state index in [4.69, 9.17) is 0 Å². The molecule has 23 heavy (non-hydrogen) atoms.